The molecular weight excluding hydrogens is 348 g/mol. The molecule has 7 heteroatoms. The molecule has 0 aliphatic carbocycles. The lowest BCUT2D eigenvalue weighted by atomic mass is 10.1. The fraction of sp³-hybridized carbons (Fsp3) is 0.400. The second-order valence-corrected chi connectivity index (χ2v) is 7.06. The van der Waals surface area contributed by atoms with Crippen molar-refractivity contribution in [1.82, 2.24) is 10.3 Å². The zero-order chi connectivity index (χ0) is 20.0. The predicted octanol–water partition coefficient (Wildman–Crippen LogP) is 2.63. The van der Waals surface area contributed by atoms with E-state index >= 15 is 0 Å². The monoisotopic (exact) mass is 372 g/mol. The fourth-order valence-corrected chi connectivity index (χ4v) is 2.47. The number of fused-ring (bicyclic) bond motifs is 1. The van der Waals surface area contributed by atoms with Crippen LogP contribution in [0.4, 0.5) is 0 Å². The van der Waals surface area contributed by atoms with Gasteiger partial charge in [0.25, 0.3) is 5.91 Å². The van der Waals surface area contributed by atoms with Crippen molar-refractivity contribution in [2.75, 3.05) is 7.11 Å². The van der Waals surface area contributed by atoms with Gasteiger partial charge in [0.15, 0.2) is 0 Å². The van der Waals surface area contributed by atoms with Crippen molar-refractivity contribution in [1.29, 1.82) is 0 Å². The highest BCUT2D eigenvalue weighted by atomic mass is 16.6. The summed E-state index contributed by atoms with van der Waals surface area (Å²) in [6.07, 6.45) is 0.0450. The van der Waals surface area contributed by atoms with Gasteiger partial charge in [-0.3, -0.25) is 9.59 Å². The van der Waals surface area contributed by atoms with E-state index in [4.69, 9.17) is 9.47 Å². The molecule has 2 rings (SSSR count). The molecule has 7 nitrogen and oxygen atoms in total. The molecule has 0 aliphatic rings. The second kappa shape index (κ2) is 8.62. The number of amides is 1. The van der Waals surface area contributed by atoms with E-state index in [2.05, 4.69) is 10.3 Å². The maximum atomic E-state index is 12.5. The Balaban J connectivity index is 2.06. The number of aromatic nitrogens is 1. The van der Waals surface area contributed by atoms with Crippen molar-refractivity contribution in [2.45, 2.75) is 45.3 Å². The van der Waals surface area contributed by atoms with Crippen LogP contribution in [-0.2, 0) is 19.1 Å². The van der Waals surface area contributed by atoms with Crippen LogP contribution in [0.3, 0.4) is 0 Å². The summed E-state index contributed by atoms with van der Waals surface area (Å²) in [4.78, 5) is 40.7. The Hall–Kier alpha value is -2.96. The van der Waals surface area contributed by atoms with E-state index in [1.165, 1.54) is 7.11 Å². The van der Waals surface area contributed by atoms with Crippen LogP contribution in [0.15, 0.2) is 36.4 Å². The van der Waals surface area contributed by atoms with Crippen molar-refractivity contribution in [3.8, 4) is 0 Å². The smallest absolute Gasteiger partial charge is 0.328 e. The molecular formula is C20H24N2O5. The molecule has 27 heavy (non-hydrogen) atoms. The Morgan fingerprint density at radius 2 is 1.81 bits per heavy atom. The fourth-order valence-electron chi connectivity index (χ4n) is 2.47. The van der Waals surface area contributed by atoms with E-state index < -0.39 is 29.5 Å². The Morgan fingerprint density at radius 3 is 2.48 bits per heavy atom. The lowest BCUT2D eigenvalue weighted by Gasteiger charge is -2.21. The number of ether oxygens (including phenoxy) is 2. The molecule has 0 unspecified atom stereocenters. The summed E-state index contributed by atoms with van der Waals surface area (Å²) in [5.74, 6) is -1.59. The molecule has 0 saturated heterocycles. The van der Waals surface area contributed by atoms with Crippen LogP contribution in [0.2, 0.25) is 0 Å². The third-order valence-electron chi connectivity index (χ3n) is 3.68. The number of hydrogen-bond donors (Lipinski definition) is 1. The molecule has 1 amide bonds. The number of nitrogens with zero attached hydrogens (tertiary/aromatic N) is 1. The third-order valence-corrected chi connectivity index (χ3v) is 3.68. The van der Waals surface area contributed by atoms with Crippen LogP contribution in [0.25, 0.3) is 10.9 Å². The molecule has 1 atom stereocenters. The topological polar surface area (TPSA) is 94.6 Å². The number of nitrogens with one attached hydrogen (secondary N) is 1. The number of esters is 2. The minimum atomic E-state index is -0.969. The van der Waals surface area contributed by atoms with Crippen LogP contribution < -0.4 is 5.32 Å². The summed E-state index contributed by atoms with van der Waals surface area (Å²) in [7, 11) is 1.23. The van der Waals surface area contributed by atoms with Crippen LogP contribution in [-0.4, -0.2) is 41.6 Å². The van der Waals surface area contributed by atoms with Gasteiger partial charge in [-0.15, -0.1) is 0 Å². The first-order chi connectivity index (χ1) is 12.7. The van der Waals surface area contributed by atoms with Gasteiger partial charge in [0, 0.05) is 11.8 Å². The Bertz CT molecular complexity index is 842. The van der Waals surface area contributed by atoms with E-state index in [1.54, 1.807) is 39.0 Å². The molecule has 0 spiro atoms. The highest BCUT2D eigenvalue weighted by Crippen LogP contribution is 2.13. The first-order valence-corrected chi connectivity index (χ1v) is 8.66. The molecule has 0 aliphatic heterocycles. The molecule has 0 saturated carbocycles. The number of carbonyl (C=O) groups excluding carboxylic acids is 3. The quantitative estimate of drug-likeness (QED) is 0.784. The van der Waals surface area contributed by atoms with Gasteiger partial charge < -0.3 is 14.8 Å². The molecule has 1 aromatic carbocycles. The van der Waals surface area contributed by atoms with Gasteiger partial charge in [-0.05, 0) is 39.3 Å². The maximum absolute atomic E-state index is 12.5. The van der Waals surface area contributed by atoms with Gasteiger partial charge in [-0.1, -0.05) is 24.3 Å². The summed E-state index contributed by atoms with van der Waals surface area (Å²) < 4.78 is 9.95. The maximum Gasteiger partial charge on any atom is 0.328 e. The van der Waals surface area contributed by atoms with Crippen molar-refractivity contribution >= 4 is 28.7 Å². The van der Waals surface area contributed by atoms with Gasteiger partial charge in [0.1, 0.15) is 17.3 Å². The van der Waals surface area contributed by atoms with Gasteiger partial charge >= 0.3 is 11.9 Å². The SMILES string of the molecule is COC(=O)[C@H](CCC(=O)OC(C)(C)C)NC(=O)c1ccc2ccccc2n1. The van der Waals surface area contributed by atoms with Gasteiger partial charge in [0.05, 0.1) is 12.6 Å². The van der Waals surface area contributed by atoms with E-state index in [0.717, 1.165) is 5.39 Å². The van der Waals surface area contributed by atoms with E-state index in [-0.39, 0.29) is 18.5 Å². The number of hydrogen-bond acceptors (Lipinski definition) is 6. The molecule has 0 bridgehead atoms. The summed E-state index contributed by atoms with van der Waals surface area (Å²) in [6.45, 7) is 5.28. The number of carbonyl (C=O) groups is 3. The molecule has 1 aromatic heterocycles. The zero-order valence-electron chi connectivity index (χ0n) is 15.9. The van der Waals surface area contributed by atoms with Crippen LogP contribution >= 0.6 is 0 Å². The van der Waals surface area contributed by atoms with Crippen molar-refractivity contribution in [2.24, 2.45) is 0 Å². The van der Waals surface area contributed by atoms with Gasteiger partial charge in [0.2, 0.25) is 0 Å². The first kappa shape index (κ1) is 20.4. The lowest BCUT2D eigenvalue weighted by Crippen LogP contribution is -2.42. The third kappa shape index (κ3) is 6.06. The molecule has 0 radical (unpaired) electrons. The largest absolute Gasteiger partial charge is 0.467 e. The Morgan fingerprint density at radius 1 is 1.11 bits per heavy atom. The van der Waals surface area contributed by atoms with Crippen LogP contribution in [0.5, 0.6) is 0 Å². The number of pyridine rings is 1. The average molecular weight is 372 g/mol. The van der Waals surface area contributed by atoms with Gasteiger partial charge in [-0.25, -0.2) is 9.78 Å². The Kier molecular flexibility index (Phi) is 6.50. The van der Waals surface area contributed by atoms with Crippen LogP contribution in [0.1, 0.15) is 44.1 Å². The minimum Gasteiger partial charge on any atom is -0.467 e. The number of rotatable bonds is 6. The normalized spacial score (nSPS) is 12.3. The van der Waals surface area contributed by atoms with E-state index in [0.29, 0.717) is 5.52 Å². The standard InChI is InChI=1S/C20H24N2O5/c1-20(2,3)27-17(23)12-11-16(19(25)26-4)22-18(24)15-10-9-13-7-5-6-8-14(13)21-15/h5-10,16H,11-12H2,1-4H3,(H,22,24)/t16-/m0/s1. The molecule has 1 heterocycles. The number of methoxy groups -OCH3 is 1. The summed E-state index contributed by atoms with van der Waals surface area (Å²) in [5, 5.41) is 3.49. The zero-order valence-corrected chi connectivity index (χ0v) is 15.9. The van der Waals surface area contributed by atoms with E-state index in [1.807, 2.05) is 18.2 Å². The molecule has 0 fully saturated rings. The van der Waals surface area contributed by atoms with Crippen LogP contribution in [0, 0.1) is 0 Å². The first-order valence-electron chi connectivity index (χ1n) is 8.66. The highest BCUT2D eigenvalue weighted by Gasteiger charge is 2.25. The average Bonchev–Trinajstić information content (AvgIpc) is 2.62. The molecule has 2 aromatic rings. The number of para-hydroxylation sites is 1. The lowest BCUT2D eigenvalue weighted by molar-refractivity contribution is -0.155. The number of benzene rings is 1. The second-order valence-electron chi connectivity index (χ2n) is 7.06. The van der Waals surface area contributed by atoms with Crippen molar-refractivity contribution < 1.29 is 23.9 Å². The van der Waals surface area contributed by atoms with Crippen molar-refractivity contribution in [3.05, 3.63) is 42.1 Å². The summed E-state index contributed by atoms with van der Waals surface area (Å²) >= 11 is 0. The molecule has 144 valence electrons. The van der Waals surface area contributed by atoms with Crippen molar-refractivity contribution in [3.63, 3.8) is 0 Å². The van der Waals surface area contributed by atoms with Gasteiger partial charge in [-0.2, -0.15) is 0 Å². The minimum absolute atomic E-state index is 0.0253. The summed E-state index contributed by atoms with van der Waals surface area (Å²) in [5.41, 5.74) is 0.240. The highest BCUT2D eigenvalue weighted by molar-refractivity contribution is 5.97. The predicted molar refractivity (Wildman–Crippen MR) is 100 cm³/mol. The summed E-state index contributed by atoms with van der Waals surface area (Å²) in [6, 6.07) is 9.80. The van der Waals surface area contributed by atoms with E-state index in [9.17, 15) is 14.4 Å². The molecule has 1 N–H and O–H groups in total. The Labute approximate surface area is 158 Å².